The van der Waals surface area contributed by atoms with Crippen molar-refractivity contribution in [2.24, 2.45) is 0 Å². The lowest BCUT2D eigenvalue weighted by atomic mass is 10.2. The zero-order chi connectivity index (χ0) is 15.0. The molecule has 0 aliphatic carbocycles. The summed E-state index contributed by atoms with van der Waals surface area (Å²) in [7, 11) is 0. The first-order valence-electron chi connectivity index (χ1n) is 6.11. The Morgan fingerprint density at radius 3 is 3.00 bits per heavy atom. The third kappa shape index (κ3) is 2.91. The molecule has 21 heavy (non-hydrogen) atoms. The Balaban J connectivity index is 1.91. The molecule has 0 spiro atoms. The van der Waals surface area contributed by atoms with Gasteiger partial charge in [0, 0.05) is 29.2 Å². The van der Waals surface area contributed by atoms with Gasteiger partial charge in [0.15, 0.2) is 11.3 Å². The topological polar surface area (TPSA) is 59.3 Å². The molecular weight excluding hydrogens is 356 g/mol. The number of anilines is 1. The van der Waals surface area contributed by atoms with Crippen LogP contribution in [-0.2, 0) is 0 Å². The largest absolute Gasteiger partial charge is 0.320 e. The first-order chi connectivity index (χ1) is 10.0. The number of rotatable bonds is 2. The number of nitrogens with zero attached hydrogens (tertiary/aromatic N) is 3. The van der Waals surface area contributed by atoms with Crippen LogP contribution in [0.4, 0.5) is 5.69 Å². The lowest BCUT2D eigenvalue weighted by Crippen LogP contribution is -2.13. The van der Waals surface area contributed by atoms with Gasteiger partial charge in [0.25, 0.3) is 5.91 Å². The Labute approximate surface area is 134 Å². The molecule has 0 saturated carbocycles. The number of carbonyl (C=O) groups is 1. The number of nitrogens with one attached hydrogen (secondary N) is 1. The highest BCUT2D eigenvalue weighted by atomic mass is 79.9. The maximum atomic E-state index is 12.3. The van der Waals surface area contributed by atoms with Crippen molar-refractivity contribution in [1.82, 2.24) is 14.6 Å². The van der Waals surface area contributed by atoms with Crippen molar-refractivity contribution in [3.63, 3.8) is 0 Å². The monoisotopic (exact) mass is 364 g/mol. The van der Waals surface area contributed by atoms with E-state index in [9.17, 15) is 4.79 Å². The van der Waals surface area contributed by atoms with Crippen molar-refractivity contribution in [3.8, 4) is 0 Å². The normalized spacial score (nSPS) is 10.8. The highest BCUT2D eigenvalue weighted by Gasteiger charge is 2.13. The average molecular weight is 366 g/mol. The summed E-state index contributed by atoms with van der Waals surface area (Å²) in [6.45, 7) is 1.90. The molecule has 1 aromatic carbocycles. The fraction of sp³-hybridized carbons (Fsp3) is 0.0714. The predicted octanol–water partition coefficient (Wildman–Crippen LogP) is 3.71. The number of carbonyl (C=O) groups excluding carboxylic acids is 1. The average Bonchev–Trinajstić information content (AvgIpc) is 2.86. The smallest absolute Gasteiger partial charge is 0.276 e. The van der Waals surface area contributed by atoms with Gasteiger partial charge >= 0.3 is 0 Å². The second-order valence-electron chi connectivity index (χ2n) is 4.52. The van der Waals surface area contributed by atoms with E-state index >= 15 is 0 Å². The molecule has 0 aliphatic heterocycles. The highest BCUT2D eigenvalue weighted by Crippen LogP contribution is 2.21. The van der Waals surface area contributed by atoms with Crippen LogP contribution in [0.1, 0.15) is 16.1 Å². The first kappa shape index (κ1) is 14.0. The zero-order valence-electron chi connectivity index (χ0n) is 11.0. The van der Waals surface area contributed by atoms with Gasteiger partial charge in [-0.1, -0.05) is 17.7 Å². The van der Waals surface area contributed by atoms with E-state index in [1.165, 1.54) is 0 Å². The van der Waals surface area contributed by atoms with Crippen LogP contribution in [0.5, 0.6) is 0 Å². The summed E-state index contributed by atoms with van der Waals surface area (Å²) in [4.78, 5) is 16.4. The lowest BCUT2D eigenvalue weighted by molar-refractivity contribution is 0.102. The number of halogens is 2. The number of aryl methyl sites for hydroxylation is 1. The summed E-state index contributed by atoms with van der Waals surface area (Å²) < 4.78 is 2.33. The molecular formula is C14H10BrClN4O. The van der Waals surface area contributed by atoms with Gasteiger partial charge in [-0.25, -0.2) is 9.50 Å². The van der Waals surface area contributed by atoms with Crippen LogP contribution in [0, 0.1) is 6.92 Å². The van der Waals surface area contributed by atoms with E-state index in [1.54, 1.807) is 35.1 Å². The van der Waals surface area contributed by atoms with Gasteiger partial charge < -0.3 is 5.32 Å². The minimum atomic E-state index is -0.304. The number of aromatic nitrogens is 3. The quantitative estimate of drug-likeness (QED) is 0.753. The van der Waals surface area contributed by atoms with Crippen molar-refractivity contribution in [2.45, 2.75) is 6.92 Å². The molecule has 5 nitrogen and oxygen atoms in total. The number of amides is 1. The first-order valence-corrected chi connectivity index (χ1v) is 7.28. The van der Waals surface area contributed by atoms with E-state index in [2.05, 4.69) is 31.3 Å². The van der Waals surface area contributed by atoms with Crippen LogP contribution in [0.15, 0.2) is 41.1 Å². The molecule has 2 heterocycles. The molecule has 0 unspecified atom stereocenters. The van der Waals surface area contributed by atoms with E-state index in [0.717, 1.165) is 10.0 Å². The fourth-order valence-corrected chi connectivity index (χ4v) is 2.35. The molecule has 106 valence electrons. The SMILES string of the molecule is Cc1ccc(Cl)cc1NC(=O)c1cc2ncc(Br)cn2n1. The Bertz CT molecular complexity index is 846. The van der Waals surface area contributed by atoms with Gasteiger partial charge in [0.1, 0.15) is 0 Å². The maximum Gasteiger partial charge on any atom is 0.276 e. The van der Waals surface area contributed by atoms with Crippen LogP contribution < -0.4 is 5.32 Å². The van der Waals surface area contributed by atoms with Crippen LogP contribution in [0.25, 0.3) is 5.65 Å². The predicted molar refractivity (Wildman–Crippen MR) is 84.8 cm³/mol. The van der Waals surface area contributed by atoms with E-state index in [-0.39, 0.29) is 5.91 Å². The van der Waals surface area contributed by atoms with E-state index < -0.39 is 0 Å². The second-order valence-corrected chi connectivity index (χ2v) is 5.87. The molecule has 3 rings (SSSR count). The van der Waals surface area contributed by atoms with Gasteiger partial charge in [-0.05, 0) is 40.5 Å². The molecule has 3 aromatic rings. The van der Waals surface area contributed by atoms with Crippen molar-refractivity contribution < 1.29 is 4.79 Å². The lowest BCUT2D eigenvalue weighted by Gasteiger charge is -2.07. The summed E-state index contributed by atoms with van der Waals surface area (Å²) in [6.07, 6.45) is 3.39. The van der Waals surface area contributed by atoms with E-state index in [4.69, 9.17) is 11.6 Å². The van der Waals surface area contributed by atoms with Crippen LogP contribution in [-0.4, -0.2) is 20.5 Å². The van der Waals surface area contributed by atoms with Gasteiger partial charge in [0.05, 0.1) is 4.47 Å². The molecule has 1 N–H and O–H groups in total. The number of hydrogen-bond donors (Lipinski definition) is 1. The third-order valence-electron chi connectivity index (χ3n) is 2.96. The molecule has 1 amide bonds. The summed E-state index contributed by atoms with van der Waals surface area (Å²) in [5.41, 5.74) is 2.49. The summed E-state index contributed by atoms with van der Waals surface area (Å²) in [5.74, 6) is -0.304. The molecule has 0 saturated heterocycles. The van der Waals surface area contributed by atoms with E-state index in [0.29, 0.717) is 22.1 Å². The fourth-order valence-electron chi connectivity index (χ4n) is 1.88. The molecule has 0 atom stereocenters. The third-order valence-corrected chi connectivity index (χ3v) is 3.61. The van der Waals surface area contributed by atoms with Gasteiger partial charge in [-0.3, -0.25) is 4.79 Å². The van der Waals surface area contributed by atoms with Crippen LogP contribution in [0.2, 0.25) is 5.02 Å². The van der Waals surface area contributed by atoms with Crippen molar-refractivity contribution in [1.29, 1.82) is 0 Å². The van der Waals surface area contributed by atoms with Crippen molar-refractivity contribution >= 4 is 44.8 Å². The zero-order valence-corrected chi connectivity index (χ0v) is 13.3. The highest BCUT2D eigenvalue weighted by molar-refractivity contribution is 9.10. The Morgan fingerprint density at radius 1 is 1.38 bits per heavy atom. The molecule has 0 radical (unpaired) electrons. The maximum absolute atomic E-state index is 12.3. The summed E-state index contributed by atoms with van der Waals surface area (Å²) >= 11 is 9.25. The number of fused-ring (bicyclic) bond motifs is 1. The van der Waals surface area contributed by atoms with Crippen molar-refractivity contribution in [2.75, 3.05) is 5.32 Å². The Hall–Kier alpha value is -1.92. The van der Waals surface area contributed by atoms with Gasteiger partial charge in [0.2, 0.25) is 0 Å². The van der Waals surface area contributed by atoms with Crippen LogP contribution >= 0.6 is 27.5 Å². The summed E-state index contributed by atoms with van der Waals surface area (Å²) in [5, 5.41) is 7.57. The van der Waals surface area contributed by atoms with E-state index in [1.807, 2.05) is 13.0 Å². The number of hydrogen-bond acceptors (Lipinski definition) is 3. The minimum absolute atomic E-state index is 0.292. The molecule has 7 heteroatoms. The van der Waals surface area contributed by atoms with Crippen molar-refractivity contribution in [3.05, 3.63) is 57.4 Å². The Kier molecular flexibility index (Phi) is 3.65. The summed E-state index contributed by atoms with van der Waals surface area (Å²) in [6, 6.07) is 6.96. The van der Waals surface area contributed by atoms with Gasteiger partial charge in [-0.15, -0.1) is 0 Å². The molecule has 2 aromatic heterocycles. The molecule has 0 aliphatic rings. The minimum Gasteiger partial charge on any atom is -0.320 e. The Morgan fingerprint density at radius 2 is 2.19 bits per heavy atom. The number of benzene rings is 1. The van der Waals surface area contributed by atoms with Crippen LogP contribution in [0.3, 0.4) is 0 Å². The second kappa shape index (κ2) is 5.46. The standard InChI is InChI=1S/C14H10BrClN4O/c1-8-2-3-10(16)4-11(8)18-14(21)12-5-13-17-6-9(15)7-20(13)19-12/h2-7H,1H3,(H,18,21). The molecule has 0 bridgehead atoms. The molecule has 0 fully saturated rings. The van der Waals surface area contributed by atoms with Gasteiger partial charge in [-0.2, -0.15) is 5.10 Å².